The van der Waals surface area contributed by atoms with Gasteiger partial charge in [-0.2, -0.15) is 0 Å². The lowest BCUT2D eigenvalue weighted by molar-refractivity contribution is 0.120. The van der Waals surface area contributed by atoms with Crippen LogP contribution in [-0.4, -0.2) is 18.5 Å². The summed E-state index contributed by atoms with van der Waals surface area (Å²) in [6.45, 7) is 8.15. The zero-order valence-electron chi connectivity index (χ0n) is 12.6. The molecule has 0 saturated carbocycles. The number of fused-ring (bicyclic) bond motifs is 1. The van der Waals surface area contributed by atoms with Crippen molar-refractivity contribution in [2.45, 2.75) is 33.4 Å². The van der Waals surface area contributed by atoms with Crippen molar-refractivity contribution in [3.63, 3.8) is 0 Å². The molecule has 3 heteroatoms. The minimum Gasteiger partial charge on any atom is -0.484 e. The van der Waals surface area contributed by atoms with E-state index in [4.69, 9.17) is 9.15 Å². The first-order valence-corrected chi connectivity index (χ1v) is 7.04. The summed E-state index contributed by atoms with van der Waals surface area (Å²) < 4.78 is 11.8. The zero-order chi connectivity index (χ0) is 14.3. The molecule has 0 N–H and O–H groups in total. The van der Waals surface area contributed by atoms with Crippen LogP contribution in [0.2, 0.25) is 0 Å². The predicted octanol–water partition coefficient (Wildman–Crippen LogP) is 3.77. The highest BCUT2D eigenvalue weighted by Gasteiger charge is 2.27. The van der Waals surface area contributed by atoms with Gasteiger partial charge in [-0.15, -0.1) is 0 Å². The molecule has 1 unspecified atom stereocenters. The molecule has 20 heavy (non-hydrogen) atoms. The van der Waals surface area contributed by atoms with E-state index in [0.29, 0.717) is 0 Å². The lowest BCUT2D eigenvalue weighted by atomic mass is 10.0. The number of hydrogen-bond donors (Lipinski definition) is 0. The van der Waals surface area contributed by atoms with Crippen LogP contribution in [0, 0.1) is 20.8 Å². The minimum absolute atomic E-state index is 0.0454. The molecule has 0 spiro atoms. The molecule has 2 heterocycles. The Kier molecular flexibility index (Phi) is 3.30. The van der Waals surface area contributed by atoms with Crippen LogP contribution in [-0.2, 0) is 6.54 Å². The van der Waals surface area contributed by atoms with Crippen molar-refractivity contribution in [1.82, 2.24) is 4.90 Å². The molecular formula is C17H21NO2. The van der Waals surface area contributed by atoms with Gasteiger partial charge in [0, 0.05) is 12.1 Å². The van der Waals surface area contributed by atoms with Crippen LogP contribution < -0.4 is 4.74 Å². The van der Waals surface area contributed by atoms with E-state index in [0.717, 1.165) is 24.6 Å². The van der Waals surface area contributed by atoms with E-state index in [9.17, 15) is 0 Å². The van der Waals surface area contributed by atoms with Crippen LogP contribution in [0.1, 0.15) is 34.1 Å². The Labute approximate surface area is 120 Å². The van der Waals surface area contributed by atoms with Gasteiger partial charge in [0.1, 0.15) is 17.6 Å². The van der Waals surface area contributed by atoms with E-state index in [1.165, 1.54) is 22.3 Å². The van der Waals surface area contributed by atoms with E-state index in [-0.39, 0.29) is 6.10 Å². The summed E-state index contributed by atoms with van der Waals surface area (Å²) in [5, 5.41) is 0. The third kappa shape index (κ3) is 2.34. The van der Waals surface area contributed by atoms with E-state index in [1.54, 1.807) is 6.26 Å². The van der Waals surface area contributed by atoms with Gasteiger partial charge in [-0.1, -0.05) is 0 Å². The van der Waals surface area contributed by atoms with Gasteiger partial charge in [0.15, 0.2) is 0 Å². The number of hydrogen-bond acceptors (Lipinski definition) is 3. The minimum atomic E-state index is 0.0454. The van der Waals surface area contributed by atoms with Crippen LogP contribution in [0.15, 0.2) is 28.9 Å². The summed E-state index contributed by atoms with van der Waals surface area (Å²) >= 11 is 0. The van der Waals surface area contributed by atoms with Gasteiger partial charge in [0.25, 0.3) is 0 Å². The van der Waals surface area contributed by atoms with Crippen molar-refractivity contribution in [3.05, 3.63) is 52.5 Å². The second-order valence-electron chi connectivity index (χ2n) is 5.78. The van der Waals surface area contributed by atoms with E-state index in [2.05, 4.69) is 44.9 Å². The van der Waals surface area contributed by atoms with Crippen molar-refractivity contribution in [2.75, 3.05) is 13.6 Å². The van der Waals surface area contributed by atoms with Crippen LogP contribution in [0.4, 0.5) is 0 Å². The number of likely N-dealkylation sites (N-methyl/N-ethyl adjacent to an activating group) is 1. The quantitative estimate of drug-likeness (QED) is 0.831. The zero-order valence-corrected chi connectivity index (χ0v) is 12.6. The number of furan rings is 1. The lowest BCUT2D eigenvalue weighted by Gasteiger charge is -2.29. The van der Waals surface area contributed by atoms with Crippen molar-refractivity contribution < 1.29 is 9.15 Å². The van der Waals surface area contributed by atoms with Crippen molar-refractivity contribution >= 4 is 0 Å². The Morgan fingerprint density at radius 3 is 2.60 bits per heavy atom. The van der Waals surface area contributed by atoms with Crippen molar-refractivity contribution in [1.29, 1.82) is 0 Å². The molecule has 1 aliphatic heterocycles. The summed E-state index contributed by atoms with van der Waals surface area (Å²) in [6, 6.07) is 6.27. The smallest absolute Gasteiger partial charge is 0.140 e. The summed E-state index contributed by atoms with van der Waals surface area (Å²) in [6.07, 6.45) is 1.80. The maximum absolute atomic E-state index is 6.23. The molecule has 1 aromatic carbocycles. The molecule has 0 aliphatic carbocycles. The van der Waals surface area contributed by atoms with Crippen LogP contribution in [0.25, 0.3) is 0 Å². The van der Waals surface area contributed by atoms with Gasteiger partial charge < -0.3 is 9.15 Å². The molecule has 2 aromatic rings. The topological polar surface area (TPSA) is 25.6 Å². The maximum atomic E-state index is 6.23. The fraction of sp³-hybridized carbons (Fsp3) is 0.412. The van der Waals surface area contributed by atoms with Crippen LogP contribution in [0.5, 0.6) is 5.75 Å². The van der Waals surface area contributed by atoms with E-state index < -0.39 is 0 Å². The monoisotopic (exact) mass is 271 g/mol. The molecular weight excluding hydrogens is 250 g/mol. The number of rotatable bonds is 2. The summed E-state index contributed by atoms with van der Waals surface area (Å²) in [4.78, 5) is 2.23. The average Bonchev–Trinajstić information content (AvgIpc) is 2.84. The number of benzene rings is 1. The van der Waals surface area contributed by atoms with E-state index >= 15 is 0 Å². The molecule has 3 nitrogen and oxygen atoms in total. The first-order chi connectivity index (χ1) is 9.54. The molecule has 0 radical (unpaired) electrons. The Morgan fingerprint density at radius 2 is 1.90 bits per heavy atom. The highest BCUT2D eigenvalue weighted by atomic mass is 16.5. The number of nitrogens with zero attached hydrogens (tertiary/aromatic N) is 1. The summed E-state index contributed by atoms with van der Waals surface area (Å²) in [5.41, 5.74) is 5.06. The summed E-state index contributed by atoms with van der Waals surface area (Å²) in [7, 11) is 2.09. The fourth-order valence-electron chi connectivity index (χ4n) is 2.79. The third-order valence-corrected chi connectivity index (χ3v) is 4.20. The van der Waals surface area contributed by atoms with Crippen molar-refractivity contribution in [2.24, 2.45) is 0 Å². The first kappa shape index (κ1) is 13.3. The normalized spacial score (nSPS) is 18.9. The standard InChI is InChI=1S/C17H21NO2/c1-11-7-14(8-12(2)13(11)3)20-17-10-18(4)9-16-15(17)5-6-19-16/h5-8,17H,9-10H2,1-4H3. The Balaban J connectivity index is 1.89. The van der Waals surface area contributed by atoms with Gasteiger partial charge in [-0.05, 0) is 62.7 Å². The van der Waals surface area contributed by atoms with Gasteiger partial charge in [-0.25, -0.2) is 0 Å². The van der Waals surface area contributed by atoms with Crippen LogP contribution in [0.3, 0.4) is 0 Å². The second-order valence-corrected chi connectivity index (χ2v) is 5.78. The number of aryl methyl sites for hydroxylation is 2. The molecule has 106 valence electrons. The molecule has 1 atom stereocenters. The molecule has 0 saturated heterocycles. The maximum Gasteiger partial charge on any atom is 0.140 e. The van der Waals surface area contributed by atoms with Gasteiger partial charge in [-0.3, -0.25) is 4.90 Å². The highest BCUT2D eigenvalue weighted by Crippen LogP contribution is 2.32. The lowest BCUT2D eigenvalue weighted by Crippen LogP contribution is -2.32. The van der Waals surface area contributed by atoms with Crippen LogP contribution >= 0.6 is 0 Å². The number of ether oxygens (including phenoxy) is 1. The van der Waals surface area contributed by atoms with E-state index in [1.807, 2.05) is 6.07 Å². The predicted molar refractivity (Wildman–Crippen MR) is 79.1 cm³/mol. The van der Waals surface area contributed by atoms with Crippen molar-refractivity contribution in [3.8, 4) is 5.75 Å². The Morgan fingerprint density at radius 1 is 1.20 bits per heavy atom. The molecule has 1 aromatic heterocycles. The molecule has 0 amide bonds. The van der Waals surface area contributed by atoms with Gasteiger partial charge in [0.05, 0.1) is 12.8 Å². The van der Waals surface area contributed by atoms with Gasteiger partial charge >= 0.3 is 0 Å². The second kappa shape index (κ2) is 4.98. The third-order valence-electron chi connectivity index (χ3n) is 4.20. The molecule has 0 fully saturated rings. The fourth-order valence-corrected chi connectivity index (χ4v) is 2.79. The molecule has 1 aliphatic rings. The van der Waals surface area contributed by atoms with Gasteiger partial charge in [0.2, 0.25) is 0 Å². The Hall–Kier alpha value is -1.74. The molecule has 3 rings (SSSR count). The SMILES string of the molecule is Cc1cc(OC2CN(C)Cc3occc32)cc(C)c1C. The highest BCUT2D eigenvalue weighted by molar-refractivity contribution is 5.40. The summed E-state index contributed by atoms with van der Waals surface area (Å²) in [5.74, 6) is 1.96. The molecule has 0 bridgehead atoms. The Bertz CT molecular complexity index is 607. The average molecular weight is 271 g/mol. The largest absolute Gasteiger partial charge is 0.484 e. The first-order valence-electron chi connectivity index (χ1n) is 7.04.